The number of hydrogen-bond donors (Lipinski definition) is 1. The fraction of sp³-hybridized carbons (Fsp3) is 0.154. The first-order chi connectivity index (χ1) is 15.8. The van der Waals surface area contributed by atoms with Gasteiger partial charge < -0.3 is 14.8 Å². The van der Waals surface area contributed by atoms with Gasteiger partial charge in [-0.05, 0) is 60.9 Å². The topological polar surface area (TPSA) is 71.3 Å². The van der Waals surface area contributed by atoms with Crippen molar-refractivity contribution in [3.63, 3.8) is 0 Å². The van der Waals surface area contributed by atoms with Gasteiger partial charge in [-0.2, -0.15) is 5.26 Å². The van der Waals surface area contributed by atoms with E-state index in [1.165, 1.54) is 13.2 Å². The predicted molar refractivity (Wildman–Crippen MR) is 135 cm³/mol. The summed E-state index contributed by atoms with van der Waals surface area (Å²) in [7, 11) is 1.53. The molecule has 7 heteroatoms. The number of methoxy groups -OCH3 is 1. The van der Waals surface area contributed by atoms with Gasteiger partial charge in [0, 0.05) is 20.7 Å². The molecule has 0 aromatic heterocycles. The molecule has 1 amide bonds. The summed E-state index contributed by atoms with van der Waals surface area (Å²) in [6.07, 6.45) is 1.50. The summed E-state index contributed by atoms with van der Waals surface area (Å²) < 4.78 is 12.0. The van der Waals surface area contributed by atoms with E-state index in [9.17, 15) is 10.1 Å². The molecule has 3 aromatic rings. The Morgan fingerprint density at radius 1 is 1.15 bits per heavy atom. The lowest BCUT2D eigenvalue weighted by Crippen LogP contribution is -2.14. The maximum absolute atomic E-state index is 12.7. The minimum atomic E-state index is -0.490. The Balaban J connectivity index is 1.85. The number of aryl methyl sites for hydroxylation is 1. The van der Waals surface area contributed by atoms with E-state index < -0.39 is 5.91 Å². The Bertz CT molecular complexity index is 1260. The standard InChI is InChI=1S/C26H22BrClN2O3/c1-16-7-6-10-23(17(16)2)30-26(31)20(14-29)11-19-12-24(32-3)25(13-21(19)27)33-15-18-8-4-5-9-22(18)28/h4-13H,15H2,1-3H3,(H,30,31). The molecule has 1 N–H and O–H groups in total. The molecule has 168 valence electrons. The lowest BCUT2D eigenvalue weighted by atomic mass is 10.1. The second kappa shape index (κ2) is 11.0. The van der Waals surface area contributed by atoms with Crippen molar-refractivity contribution < 1.29 is 14.3 Å². The smallest absolute Gasteiger partial charge is 0.266 e. The van der Waals surface area contributed by atoms with Crippen LogP contribution in [0.25, 0.3) is 6.08 Å². The Morgan fingerprint density at radius 3 is 2.61 bits per heavy atom. The molecule has 0 unspecified atom stereocenters. The van der Waals surface area contributed by atoms with Crippen molar-refractivity contribution in [2.75, 3.05) is 12.4 Å². The van der Waals surface area contributed by atoms with Gasteiger partial charge in [0.2, 0.25) is 0 Å². The van der Waals surface area contributed by atoms with Gasteiger partial charge in [-0.3, -0.25) is 4.79 Å². The molecule has 0 bridgehead atoms. The molecular weight excluding hydrogens is 504 g/mol. The zero-order chi connectivity index (χ0) is 24.0. The summed E-state index contributed by atoms with van der Waals surface area (Å²) in [6, 6.07) is 18.5. The van der Waals surface area contributed by atoms with Crippen LogP contribution in [0.2, 0.25) is 5.02 Å². The zero-order valence-corrected chi connectivity index (χ0v) is 20.8. The van der Waals surface area contributed by atoms with Crippen molar-refractivity contribution in [3.8, 4) is 17.6 Å². The molecule has 0 heterocycles. The SMILES string of the molecule is COc1cc(C=C(C#N)C(=O)Nc2cccc(C)c2C)c(Br)cc1OCc1ccccc1Cl. The first kappa shape index (κ1) is 24.4. The molecular formula is C26H22BrClN2O3. The van der Waals surface area contributed by atoms with E-state index in [1.807, 2.05) is 50.2 Å². The predicted octanol–water partition coefficient (Wildman–Crippen LogP) is 6.85. The first-order valence-corrected chi connectivity index (χ1v) is 11.2. The Hall–Kier alpha value is -3.27. The minimum Gasteiger partial charge on any atom is -0.493 e. The second-order valence-corrected chi connectivity index (χ2v) is 8.54. The van der Waals surface area contributed by atoms with Crippen molar-refractivity contribution in [2.24, 2.45) is 0 Å². The number of carbonyl (C=O) groups is 1. The van der Waals surface area contributed by atoms with Crippen LogP contribution in [0.15, 0.2) is 64.6 Å². The third kappa shape index (κ3) is 5.95. The Morgan fingerprint density at radius 2 is 1.91 bits per heavy atom. The maximum atomic E-state index is 12.7. The number of rotatable bonds is 7. The van der Waals surface area contributed by atoms with Gasteiger partial charge in [0.15, 0.2) is 11.5 Å². The lowest BCUT2D eigenvalue weighted by molar-refractivity contribution is -0.112. The monoisotopic (exact) mass is 524 g/mol. The van der Waals surface area contributed by atoms with Gasteiger partial charge in [0.1, 0.15) is 18.2 Å². The number of halogens is 2. The summed E-state index contributed by atoms with van der Waals surface area (Å²) in [5, 5.41) is 13.0. The van der Waals surface area contributed by atoms with Crippen molar-refractivity contribution in [1.29, 1.82) is 5.26 Å². The average molecular weight is 526 g/mol. The van der Waals surface area contributed by atoms with Crippen LogP contribution in [0.4, 0.5) is 5.69 Å². The number of nitrogens with one attached hydrogen (secondary N) is 1. The van der Waals surface area contributed by atoms with Crippen LogP contribution in [0.3, 0.4) is 0 Å². The second-order valence-electron chi connectivity index (χ2n) is 7.28. The van der Waals surface area contributed by atoms with Crippen molar-refractivity contribution >= 4 is 45.2 Å². The largest absolute Gasteiger partial charge is 0.493 e. The molecule has 3 aromatic carbocycles. The Labute approximate surface area is 206 Å². The van der Waals surface area contributed by atoms with Crippen LogP contribution in [0.5, 0.6) is 11.5 Å². The van der Waals surface area contributed by atoms with Crippen molar-refractivity contribution in [2.45, 2.75) is 20.5 Å². The fourth-order valence-corrected chi connectivity index (χ4v) is 3.71. The molecule has 0 saturated carbocycles. The first-order valence-electron chi connectivity index (χ1n) is 10.1. The Kier molecular flexibility index (Phi) is 8.16. The summed E-state index contributed by atoms with van der Waals surface area (Å²) in [5.41, 5.74) is 4.08. The number of amides is 1. The van der Waals surface area contributed by atoms with Crippen molar-refractivity contribution in [1.82, 2.24) is 0 Å². The molecule has 0 atom stereocenters. The van der Waals surface area contributed by atoms with Crippen LogP contribution in [0.1, 0.15) is 22.3 Å². The van der Waals surface area contributed by atoms with Crippen LogP contribution in [-0.4, -0.2) is 13.0 Å². The molecule has 0 fully saturated rings. The molecule has 0 aliphatic rings. The molecule has 0 aliphatic carbocycles. The average Bonchev–Trinajstić information content (AvgIpc) is 2.80. The third-order valence-corrected chi connectivity index (χ3v) is 6.20. The van der Waals surface area contributed by atoms with Crippen molar-refractivity contribution in [3.05, 3.63) is 91.9 Å². The number of benzene rings is 3. The van der Waals surface area contributed by atoms with E-state index in [0.29, 0.717) is 32.2 Å². The highest BCUT2D eigenvalue weighted by atomic mass is 79.9. The molecule has 5 nitrogen and oxygen atoms in total. The van der Waals surface area contributed by atoms with Gasteiger partial charge in [-0.15, -0.1) is 0 Å². The quantitative estimate of drug-likeness (QED) is 0.270. The summed E-state index contributed by atoms with van der Waals surface area (Å²) >= 11 is 9.70. The molecule has 0 spiro atoms. The van der Waals surface area contributed by atoms with Crippen LogP contribution in [0, 0.1) is 25.2 Å². The normalized spacial score (nSPS) is 11.0. The third-order valence-electron chi connectivity index (χ3n) is 5.14. The van der Waals surface area contributed by atoms with E-state index in [-0.39, 0.29) is 12.2 Å². The van der Waals surface area contributed by atoms with E-state index in [4.69, 9.17) is 21.1 Å². The summed E-state index contributed by atoms with van der Waals surface area (Å²) in [6.45, 7) is 4.15. The number of ether oxygens (including phenoxy) is 2. The van der Waals surface area contributed by atoms with Crippen LogP contribution >= 0.6 is 27.5 Å². The fourth-order valence-electron chi connectivity index (χ4n) is 3.09. The van der Waals surface area contributed by atoms with Gasteiger partial charge in [0.05, 0.1) is 7.11 Å². The highest BCUT2D eigenvalue weighted by Gasteiger charge is 2.15. The highest BCUT2D eigenvalue weighted by Crippen LogP contribution is 2.35. The molecule has 0 radical (unpaired) electrons. The number of hydrogen-bond acceptors (Lipinski definition) is 4. The van der Waals surface area contributed by atoms with E-state index >= 15 is 0 Å². The highest BCUT2D eigenvalue weighted by molar-refractivity contribution is 9.10. The number of carbonyl (C=O) groups excluding carboxylic acids is 1. The van der Waals surface area contributed by atoms with Gasteiger partial charge in [-0.1, -0.05) is 57.9 Å². The van der Waals surface area contributed by atoms with E-state index in [0.717, 1.165) is 16.7 Å². The number of nitrogens with zero attached hydrogens (tertiary/aromatic N) is 1. The van der Waals surface area contributed by atoms with E-state index in [1.54, 1.807) is 24.3 Å². The van der Waals surface area contributed by atoms with E-state index in [2.05, 4.69) is 21.2 Å². The molecule has 0 aliphatic heterocycles. The van der Waals surface area contributed by atoms with Gasteiger partial charge in [0.25, 0.3) is 5.91 Å². The van der Waals surface area contributed by atoms with Gasteiger partial charge in [-0.25, -0.2) is 0 Å². The van der Waals surface area contributed by atoms with Crippen LogP contribution in [-0.2, 0) is 11.4 Å². The van der Waals surface area contributed by atoms with Crippen LogP contribution < -0.4 is 14.8 Å². The minimum absolute atomic E-state index is 0.0385. The number of anilines is 1. The molecule has 33 heavy (non-hydrogen) atoms. The number of nitriles is 1. The van der Waals surface area contributed by atoms with Gasteiger partial charge >= 0.3 is 0 Å². The maximum Gasteiger partial charge on any atom is 0.266 e. The summed E-state index contributed by atoms with van der Waals surface area (Å²) in [4.78, 5) is 12.7. The molecule has 3 rings (SSSR count). The zero-order valence-electron chi connectivity index (χ0n) is 18.4. The summed E-state index contributed by atoms with van der Waals surface area (Å²) in [5.74, 6) is 0.472. The molecule has 0 saturated heterocycles. The lowest BCUT2D eigenvalue weighted by Gasteiger charge is -2.14.